The van der Waals surface area contributed by atoms with E-state index in [0.29, 0.717) is 0 Å². The zero-order chi connectivity index (χ0) is 38.2. The van der Waals surface area contributed by atoms with E-state index in [9.17, 15) is 0 Å². The van der Waals surface area contributed by atoms with Gasteiger partial charge in [-0.25, -0.2) is 0 Å². The maximum atomic E-state index is 2.52. The molecule has 0 saturated heterocycles. The number of aromatic nitrogens is 2. The summed E-state index contributed by atoms with van der Waals surface area (Å²) >= 11 is 0. The summed E-state index contributed by atoms with van der Waals surface area (Å²) in [5.74, 6) is 0. The molecule has 0 amide bonds. The predicted molar refractivity (Wildman–Crippen MR) is 242 cm³/mol. The van der Waals surface area contributed by atoms with E-state index in [0.717, 1.165) is 11.4 Å². The third-order valence-corrected chi connectivity index (χ3v) is 13.6. The van der Waals surface area contributed by atoms with Crippen LogP contribution < -0.4 is 16.4 Å². The number of hydrogen-bond acceptors (Lipinski definition) is 0. The molecule has 0 atom stereocenters. The smallest absolute Gasteiger partial charge is 0.242 e. The van der Waals surface area contributed by atoms with E-state index in [1.807, 2.05) is 0 Å². The van der Waals surface area contributed by atoms with Crippen LogP contribution in [0.25, 0.3) is 66.1 Å². The van der Waals surface area contributed by atoms with Gasteiger partial charge in [-0.15, -0.1) is 0 Å². The number of rotatable bonds is 3. The summed E-state index contributed by atoms with van der Waals surface area (Å²) < 4.78 is 4.96. The maximum Gasteiger partial charge on any atom is 0.242 e. The number of hydrogen-bond donors (Lipinski definition) is 0. The molecule has 10 aromatic rings. The van der Waals surface area contributed by atoms with E-state index in [2.05, 4.69) is 213 Å². The fraction of sp³-hybridized carbons (Fsp3) is 0.111. The van der Waals surface area contributed by atoms with Gasteiger partial charge in [-0.3, -0.25) is 0 Å². The van der Waals surface area contributed by atoms with Crippen LogP contribution in [0.1, 0.15) is 49.9 Å². The Bertz CT molecular complexity index is 3210. The molecule has 2 aliphatic heterocycles. The second-order valence-corrected chi connectivity index (χ2v) is 17.3. The standard InChI is InChI=1S/C54H41BN2/c1-53(2)42-20-10-12-22-46(42)55-47-23-13-11-21-43(47)54(3,4)45-33-35(32-44(53)50(45)55)34-26-28-37(29-27-34)57-49-25-15-9-19-39(49)41-31-30-40-38-18-8-14-24-48(38)56(51(40)52(41)57)36-16-6-5-7-17-36/h5-33H,1-4H3. The van der Waals surface area contributed by atoms with Crippen molar-refractivity contribution >= 4 is 66.7 Å². The van der Waals surface area contributed by atoms with Crippen LogP contribution in [0.2, 0.25) is 0 Å². The van der Waals surface area contributed by atoms with Gasteiger partial charge in [0.2, 0.25) is 6.71 Å². The van der Waals surface area contributed by atoms with E-state index >= 15 is 0 Å². The number of para-hydroxylation sites is 3. The van der Waals surface area contributed by atoms with Crippen molar-refractivity contribution < 1.29 is 0 Å². The molecule has 2 nitrogen and oxygen atoms in total. The van der Waals surface area contributed by atoms with E-state index in [-0.39, 0.29) is 17.5 Å². The van der Waals surface area contributed by atoms with Gasteiger partial charge in [0.05, 0.1) is 22.1 Å². The third-order valence-electron chi connectivity index (χ3n) is 13.6. The van der Waals surface area contributed by atoms with Crippen LogP contribution in [-0.4, -0.2) is 15.8 Å². The Labute approximate surface area is 333 Å². The van der Waals surface area contributed by atoms with Crippen LogP contribution in [0, 0.1) is 0 Å². The molecule has 12 rings (SSSR count). The monoisotopic (exact) mass is 728 g/mol. The number of fused-ring (bicyclic) bond motifs is 11. The molecule has 0 N–H and O–H groups in total. The van der Waals surface area contributed by atoms with Gasteiger partial charge in [0.25, 0.3) is 0 Å². The first-order chi connectivity index (χ1) is 27.8. The normalized spacial score (nSPS) is 14.9. The first-order valence-electron chi connectivity index (χ1n) is 20.3. The molecular formula is C54H41BN2. The largest absolute Gasteiger partial charge is 0.307 e. The highest BCUT2D eigenvalue weighted by molar-refractivity contribution is 6.97. The quantitative estimate of drug-likeness (QED) is 0.160. The summed E-state index contributed by atoms with van der Waals surface area (Å²) in [6.07, 6.45) is 0. The molecule has 4 heterocycles. The molecule has 2 aliphatic rings. The lowest BCUT2D eigenvalue weighted by atomic mass is 9.27. The molecule has 0 fully saturated rings. The molecule has 270 valence electrons. The van der Waals surface area contributed by atoms with Crippen LogP contribution in [0.4, 0.5) is 0 Å². The number of benzene rings is 8. The van der Waals surface area contributed by atoms with Crippen LogP contribution in [-0.2, 0) is 10.8 Å². The first-order valence-corrected chi connectivity index (χ1v) is 20.3. The van der Waals surface area contributed by atoms with Crippen molar-refractivity contribution in [2.24, 2.45) is 0 Å². The van der Waals surface area contributed by atoms with Gasteiger partial charge < -0.3 is 9.13 Å². The van der Waals surface area contributed by atoms with Crippen molar-refractivity contribution in [1.29, 1.82) is 0 Å². The van der Waals surface area contributed by atoms with Gasteiger partial charge in [0.15, 0.2) is 0 Å². The lowest BCUT2D eigenvalue weighted by Gasteiger charge is -2.47. The highest BCUT2D eigenvalue weighted by atomic mass is 15.0. The fourth-order valence-electron chi connectivity index (χ4n) is 11.0. The molecule has 0 aliphatic carbocycles. The fourth-order valence-corrected chi connectivity index (χ4v) is 11.0. The minimum atomic E-state index is -0.138. The van der Waals surface area contributed by atoms with Gasteiger partial charge in [0.1, 0.15) is 0 Å². The summed E-state index contributed by atoms with van der Waals surface area (Å²) in [4.78, 5) is 0. The Balaban J connectivity index is 1.09. The first kappa shape index (κ1) is 32.6. The minimum Gasteiger partial charge on any atom is -0.307 e. The lowest BCUT2D eigenvalue weighted by molar-refractivity contribution is 0.622. The summed E-state index contributed by atoms with van der Waals surface area (Å²) in [5, 5.41) is 5.05. The highest BCUT2D eigenvalue weighted by Gasteiger charge is 2.48. The summed E-state index contributed by atoms with van der Waals surface area (Å²) in [6.45, 7) is 9.94. The van der Waals surface area contributed by atoms with Crippen molar-refractivity contribution in [3.05, 3.63) is 198 Å². The molecule has 2 aromatic heterocycles. The molecule has 0 unspecified atom stereocenters. The maximum absolute atomic E-state index is 2.52. The van der Waals surface area contributed by atoms with Gasteiger partial charge in [-0.1, -0.05) is 184 Å². The Morgan fingerprint density at radius 3 is 1.33 bits per heavy atom. The average Bonchev–Trinajstić information content (AvgIpc) is 3.77. The van der Waals surface area contributed by atoms with Gasteiger partial charge >= 0.3 is 0 Å². The Morgan fingerprint density at radius 1 is 0.368 bits per heavy atom. The Hall–Kier alpha value is -6.58. The zero-order valence-corrected chi connectivity index (χ0v) is 32.7. The highest BCUT2D eigenvalue weighted by Crippen LogP contribution is 2.44. The van der Waals surface area contributed by atoms with Crippen molar-refractivity contribution in [1.82, 2.24) is 9.13 Å². The molecule has 3 heteroatoms. The van der Waals surface area contributed by atoms with E-state index in [4.69, 9.17) is 0 Å². The van der Waals surface area contributed by atoms with Crippen LogP contribution in [0.5, 0.6) is 0 Å². The van der Waals surface area contributed by atoms with Gasteiger partial charge in [-0.05, 0) is 69.8 Å². The molecule has 0 radical (unpaired) electrons. The molecule has 8 aromatic carbocycles. The molecule has 0 saturated carbocycles. The summed E-state index contributed by atoms with van der Waals surface area (Å²) in [7, 11) is 0. The Morgan fingerprint density at radius 2 is 0.807 bits per heavy atom. The molecular weight excluding hydrogens is 687 g/mol. The van der Waals surface area contributed by atoms with Crippen LogP contribution >= 0.6 is 0 Å². The topological polar surface area (TPSA) is 9.86 Å². The van der Waals surface area contributed by atoms with Crippen molar-refractivity contribution in [2.75, 3.05) is 0 Å². The lowest BCUT2D eigenvalue weighted by Crippen LogP contribution is -2.66. The van der Waals surface area contributed by atoms with Crippen molar-refractivity contribution in [2.45, 2.75) is 38.5 Å². The van der Waals surface area contributed by atoms with Gasteiger partial charge in [0, 0.05) is 43.7 Å². The molecule has 57 heavy (non-hydrogen) atoms. The van der Waals surface area contributed by atoms with Gasteiger partial charge in [-0.2, -0.15) is 0 Å². The summed E-state index contributed by atoms with van der Waals surface area (Å²) in [6, 6.07) is 65.9. The predicted octanol–water partition coefficient (Wildman–Crippen LogP) is 11.3. The SMILES string of the molecule is CC1(C)c2ccccc2B2c3ccccc3C(C)(C)c3cc(-c4ccc(-n5c6ccccc6c6ccc7c8ccccc8n(-c8ccccc8)c7c65)cc4)cc1c32. The minimum absolute atomic E-state index is 0.138. The second-order valence-electron chi connectivity index (χ2n) is 17.3. The zero-order valence-electron chi connectivity index (χ0n) is 32.7. The van der Waals surface area contributed by atoms with E-state index in [1.54, 1.807) is 0 Å². The Kier molecular flexibility index (Phi) is 6.58. The second kappa shape index (κ2) is 11.5. The van der Waals surface area contributed by atoms with Crippen molar-refractivity contribution in [3.63, 3.8) is 0 Å². The van der Waals surface area contributed by atoms with Crippen LogP contribution in [0.3, 0.4) is 0 Å². The van der Waals surface area contributed by atoms with Crippen LogP contribution in [0.15, 0.2) is 176 Å². The molecule has 0 bridgehead atoms. The third kappa shape index (κ3) is 4.32. The van der Waals surface area contributed by atoms with E-state index < -0.39 is 0 Å². The molecule has 0 spiro atoms. The summed E-state index contributed by atoms with van der Waals surface area (Å²) in [5.41, 5.74) is 19.6. The average molecular weight is 729 g/mol. The number of nitrogens with zero attached hydrogens (tertiary/aromatic N) is 2. The van der Waals surface area contributed by atoms with Crippen molar-refractivity contribution in [3.8, 4) is 22.5 Å². The van der Waals surface area contributed by atoms with E-state index in [1.165, 1.54) is 93.4 Å².